The molecular formula is C16H20BrNO. The third kappa shape index (κ3) is 2.58. The van der Waals surface area contributed by atoms with Gasteiger partial charge in [-0.05, 0) is 55.2 Å². The Morgan fingerprint density at radius 2 is 2.21 bits per heavy atom. The molecule has 102 valence electrons. The maximum Gasteiger partial charge on any atom is 0.152 e. The summed E-state index contributed by atoms with van der Waals surface area (Å²) >= 11 is 3.50. The van der Waals surface area contributed by atoms with Crippen LogP contribution in [0.4, 0.5) is 5.69 Å². The fourth-order valence-corrected chi connectivity index (χ4v) is 4.35. The van der Waals surface area contributed by atoms with E-state index in [4.69, 9.17) is 0 Å². The largest absolute Gasteiger partial charge is 0.374 e. The lowest BCUT2D eigenvalue weighted by molar-refractivity contribution is 0.112. The highest BCUT2D eigenvalue weighted by molar-refractivity contribution is 9.10. The standard InChI is InChI=1S/C16H20BrNO/c1-18(9-14-7-11-2-3-12(14)6-11)16-8-15(17)5-4-13(16)10-19/h4-5,8,10-12,14H,2-3,6-7,9H2,1H3. The molecule has 1 aromatic rings. The van der Waals surface area contributed by atoms with Crippen LogP contribution in [0.25, 0.3) is 0 Å². The van der Waals surface area contributed by atoms with Crippen LogP contribution >= 0.6 is 15.9 Å². The summed E-state index contributed by atoms with van der Waals surface area (Å²) in [5, 5.41) is 0. The van der Waals surface area contributed by atoms with Crippen LogP contribution in [0, 0.1) is 17.8 Å². The number of carbonyl (C=O) groups excluding carboxylic acids is 1. The van der Waals surface area contributed by atoms with E-state index < -0.39 is 0 Å². The minimum atomic E-state index is 0.786. The first-order valence-electron chi connectivity index (χ1n) is 7.13. The van der Waals surface area contributed by atoms with Gasteiger partial charge in [0.05, 0.1) is 0 Å². The van der Waals surface area contributed by atoms with E-state index in [1.54, 1.807) is 0 Å². The monoisotopic (exact) mass is 321 g/mol. The zero-order chi connectivity index (χ0) is 13.4. The van der Waals surface area contributed by atoms with Gasteiger partial charge in [0.1, 0.15) is 0 Å². The van der Waals surface area contributed by atoms with Crippen LogP contribution in [0.1, 0.15) is 36.0 Å². The number of hydrogen-bond acceptors (Lipinski definition) is 2. The quantitative estimate of drug-likeness (QED) is 0.777. The van der Waals surface area contributed by atoms with Gasteiger partial charge in [0, 0.05) is 29.3 Å². The Morgan fingerprint density at radius 1 is 1.37 bits per heavy atom. The molecule has 1 aromatic carbocycles. The van der Waals surface area contributed by atoms with Crippen molar-refractivity contribution in [3.05, 3.63) is 28.2 Å². The summed E-state index contributed by atoms with van der Waals surface area (Å²) in [5.41, 5.74) is 1.83. The highest BCUT2D eigenvalue weighted by atomic mass is 79.9. The third-order valence-electron chi connectivity index (χ3n) is 4.92. The van der Waals surface area contributed by atoms with Crippen LogP contribution in [-0.4, -0.2) is 19.9 Å². The second-order valence-corrected chi connectivity index (χ2v) is 7.05. The molecule has 19 heavy (non-hydrogen) atoms. The minimum absolute atomic E-state index is 0.786. The van der Waals surface area contributed by atoms with Crippen LogP contribution in [0.2, 0.25) is 0 Å². The lowest BCUT2D eigenvalue weighted by Crippen LogP contribution is -2.29. The zero-order valence-corrected chi connectivity index (χ0v) is 12.9. The highest BCUT2D eigenvalue weighted by Crippen LogP contribution is 2.48. The van der Waals surface area contributed by atoms with Crippen molar-refractivity contribution in [1.82, 2.24) is 0 Å². The lowest BCUT2D eigenvalue weighted by atomic mass is 9.88. The molecule has 0 heterocycles. The van der Waals surface area contributed by atoms with Gasteiger partial charge in [-0.2, -0.15) is 0 Å². The molecule has 3 heteroatoms. The van der Waals surface area contributed by atoms with Gasteiger partial charge in [-0.1, -0.05) is 22.4 Å². The number of rotatable bonds is 4. The van der Waals surface area contributed by atoms with Crippen LogP contribution in [-0.2, 0) is 0 Å². The number of anilines is 1. The molecule has 2 fully saturated rings. The van der Waals surface area contributed by atoms with Gasteiger partial charge >= 0.3 is 0 Å². The molecule has 2 aliphatic carbocycles. The Hall–Kier alpha value is -0.830. The Balaban J connectivity index is 1.75. The molecule has 3 rings (SSSR count). The van der Waals surface area contributed by atoms with Crippen LogP contribution < -0.4 is 4.90 Å². The summed E-state index contributed by atoms with van der Waals surface area (Å²) in [5.74, 6) is 2.73. The summed E-state index contributed by atoms with van der Waals surface area (Å²) in [7, 11) is 2.11. The van der Waals surface area contributed by atoms with Crippen molar-refractivity contribution in [2.75, 3.05) is 18.5 Å². The molecule has 0 amide bonds. The van der Waals surface area contributed by atoms with E-state index in [0.717, 1.165) is 46.3 Å². The molecule has 2 saturated carbocycles. The molecule has 2 aliphatic rings. The number of carbonyl (C=O) groups is 1. The molecule has 0 aromatic heterocycles. The van der Waals surface area contributed by atoms with E-state index in [0.29, 0.717) is 0 Å². The van der Waals surface area contributed by atoms with Crippen LogP contribution in [0.15, 0.2) is 22.7 Å². The van der Waals surface area contributed by atoms with E-state index in [1.165, 1.54) is 25.7 Å². The normalized spacial score (nSPS) is 28.6. The Morgan fingerprint density at radius 3 is 2.84 bits per heavy atom. The summed E-state index contributed by atoms with van der Waals surface area (Å²) in [6.45, 7) is 1.08. The first-order chi connectivity index (χ1) is 9.17. The molecule has 2 bridgehead atoms. The van der Waals surface area contributed by atoms with Gasteiger partial charge in [-0.3, -0.25) is 4.79 Å². The molecule has 0 saturated heterocycles. The van der Waals surface area contributed by atoms with Crippen molar-refractivity contribution in [2.45, 2.75) is 25.7 Å². The molecular weight excluding hydrogens is 302 g/mol. The number of benzene rings is 1. The van der Waals surface area contributed by atoms with E-state index >= 15 is 0 Å². The summed E-state index contributed by atoms with van der Waals surface area (Å²) in [6.07, 6.45) is 6.65. The fourth-order valence-electron chi connectivity index (χ4n) is 4.00. The van der Waals surface area contributed by atoms with Crippen LogP contribution in [0.5, 0.6) is 0 Å². The maximum absolute atomic E-state index is 11.2. The van der Waals surface area contributed by atoms with E-state index in [2.05, 4.69) is 33.9 Å². The van der Waals surface area contributed by atoms with Gasteiger partial charge in [0.25, 0.3) is 0 Å². The molecule has 2 nitrogen and oxygen atoms in total. The molecule has 0 radical (unpaired) electrons. The van der Waals surface area contributed by atoms with Crippen molar-refractivity contribution in [2.24, 2.45) is 17.8 Å². The van der Waals surface area contributed by atoms with Crippen molar-refractivity contribution in [1.29, 1.82) is 0 Å². The Kier molecular flexibility index (Phi) is 3.66. The average Bonchev–Trinajstić information content (AvgIpc) is 3.01. The first kappa shape index (κ1) is 13.2. The summed E-state index contributed by atoms with van der Waals surface area (Å²) in [4.78, 5) is 13.4. The number of aldehydes is 1. The molecule has 3 atom stereocenters. The van der Waals surface area contributed by atoms with Crippen molar-refractivity contribution in [3.8, 4) is 0 Å². The predicted octanol–water partition coefficient (Wildman–Crippen LogP) is 4.13. The van der Waals surface area contributed by atoms with Crippen molar-refractivity contribution >= 4 is 27.9 Å². The second kappa shape index (κ2) is 5.28. The van der Waals surface area contributed by atoms with Crippen molar-refractivity contribution in [3.63, 3.8) is 0 Å². The smallest absolute Gasteiger partial charge is 0.152 e. The van der Waals surface area contributed by atoms with E-state index in [1.807, 2.05) is 12.1 Å². The Bertz CT molecular complexity index is 488. The summed E-state index contributed by atoms with van der Waals surface area (Å²) in [6, 6.07) is 5.87. The topological polar surface area (TPSA) is 20.3 Å². The van der Waals surface area contributed by atoms with E-state index in [-0.39, 0.29) is 0 Å². The molecule has 0 aliphatic heterocycles. The van der Waals surface area contributed by atoms with E-state index in [9.17, 15) is 4.79 Å². The average molecular weight is 322 g/mol. The van der Waals surface area contributed by atoms with Crippen molar-refractivity contribution < 1.29 is 4.79 Å². The molecule has 0 spiro atoms. The van der Waals surface area contributed by atoms with Crippen LogP contribution in [0.3, 0.4) is 0 Å². The Labute approximate surface area is 123 Å². The number of fused-ring (bicyclic) bond motifs is 2. The highest BCUT2D eigenvalue weighted by Gasteiger charge is 2.39. The molecule has 3 unspecified atom stereocenters. The van der Waals surface area contributed by atoms with Gasteiger partial charge in [-0.15, -0.1) is 0 Å². The minimum Gasteiger partial charge on any atom is -0.374 e. The number of hydrogen-bond donors (Lipinski definition) is 0. The maximum atomic E-state index is 11.2. The lowest BCUT2D eigenvalue weighted by Gasteiger charge is -2.29. The number of halogens is 1. The number of nitrogens with zero attached hydrogens (tertiary/aromatic N) is 1. The first-order valence-corrected chi connectivity index (χ1v) is 7.92. The summed E-state index contributed by atoms with van der Waals surface area (Å²) < 4.78 is 1.04. The second-order valence-electron chi connectivity index (χ2n) is 6.14. The zero-order valence-electron chi connectivity index (χ0n) is 11.3. The molecule has 0 N–H and O–H groups in total. The van der Waals surface area contributed by atoms with Gasteiger partial charge in [0.2, 0.25) is 0 Å². The third-order valence-corrected chi connectivity index (χ3v) is 5.42. The SMILES string of the molecule is CN(CC1CC2CCC1C2)c1cc(Br)ccc1C=O. The van der Waals surface area contributed by atoms with Gasteiger partial charge in [-0.25, -0.2) is 0 Å². The van der Waals surface area contributed by atoms with Gasteiger partial charge < -0.3 is 4.90 Å². The fraction of sp³-hybridized carbons (Fsp3) is 0.562. The van der Waals surface area contributed by atoms with Gasteiger partial charge in [0.15, 0.2) is 6.29 Å². The predicted molar refractivity (Wildman–Crippen MR) is 81.7 cm³/mol.